The van der Waals surface area contributed by atoms with E-state index in [-0.39, 0.29) is 12.0 Å². The van der Waals surface area contributed by atoms with Gasteiger partial charge in [0.2, 0.25) is 0 Å². The van der Waals surface area contributed by atoms with Gasteiger partial charge < -0.3 is 24.3 Å². The Labute approximate surface area is 183 Å². The Morgan fingerprint density at radius 2 is 1.58 bits per heavy atom. The Morgan fingerprint density at radius 3 is 2.29 bits per heavy atom. The lowest BCUT2D eigenvalue weighted by Crippen LogP contribution is -2.53. The van der Waals surface area contributed by atoms with Crippen molar-refractivity contribution in [1.29, 1.82) is 0 Å². The Hall–Kier alpha value is -2.87. The van der Waals surface area contributed by atoms with E-state index >= 15 is 0 Å². The Balaban J connectivity index is 1.18. The second-order valence-corrected chi connectivity index (χ2v) is 8.59. The first-order chi connectivity index (χ1) is 15.2. The molecule has 2 aromatic rings. The number of likely N-dealkylation sites (N-methyl/N-ethyl adjacent to an activating group) is 1. The van der Waals surface area contributed by atoms with Crippen LogP contribution in [-0.4, -0.2) is 91.2 Å². The third kappa shape index (κ3) is 4.30. The van der Waals surface area contributed by atoms with E-state index < -0.39 is 0 Å². The molecule has 2 saturated heterocycles. The largest absolute Gasteiger partial charge is 0.480 e. The molecule has 1 aromatic carbocycles. The van der Waals surface area contributed by atoms with E-state index in [9.17, 15) is 4.79 Å². The van der Waals surface area contributed by atoms with Crippen molar-refractivity contribution in [1.82, 2.24) is 19.8 Å². The zero-order valence-electron chi connectivity index (χ0n) is 18.1. The van der Waals surface area contributed by atoms with E-state index in [2.05, 4.69) is 43.8 Å². The van der Waals surface area contributed by atoms with Crippen molar-refractivity contribution in [3.63, 3.8) is 0 Å². The van der Waals surface area contributed by atoms with Crippen molar-refractivity contribution in [3.8, 4) is 5.75 Å². The number of rotatable bonds is 3. The van der Waals surface area contributed by atoms with Gasteiger partial charge >= 0.3 is 0 Å². The molecule has 1 unspecified atom stereocenters. The molecule has 1 atom stereocenters. The van der Waals surface area contributed by atoms with Gasteiger partial charge in [0.25, 0.3) is 5.91 Å². The molecule has 0 aliphatic carbocycles. The number of hydrogen-bond acceptors (Lipinski definition) is 7. The summed E-state index contributed by atoms with van der Waals surface area (Å²) in [4.78, 5) is 30.9. The zero-order valence-corrected chi connectivity index (χ0v) is 18.1. The highest BCUT2D eigenvalue weighted by atomic mass is 16.5. The predicted molar refractivity (Wildman–Crippen MR) is 120 cm³/mol. The fourth-order valence-corrected chi connectivity index (χ4v) is 4.58. The molecule has 0 spiro atoms. The molecule has 4 heterocycles. The summed E-state index contributed by atoms with van der Waals surface area (Å²) in [5.41, 5.74) is 1.19. The van der Waals surface area contributed by atoms with Gasteiger partial charge in [-0.05, 0) is 31.5 Å². The van der Waals surface area contributed by atoms with Crippen molar-refractivity contribution >= 4 is 17.5 Å². The van der Waals surface area contributed by atoms with Gasteiger partial charge in [0.15, 0.2) is 6.10 Å². The first kappa shape index (κ1) is 20.1. The van der Waals surface area contributed by atoms with E-state index in [0.29, 0.717) is 13.1 Å². The van der Waals surface area contributed by atoms with Crippen LogP contribution in [0.5, 0.6) is 5.75 Å². The summed E-state index contributed by atoms with van der Waals surface area (Å²) in [5, 5.41) is 0. The van der Waals surface area contributed by atoms with Crippen LogP contribution in [0.25, 0.3) is 0 Å². The van der Waals surface area contributed by atoms with Gasteiger partial charge in [-0.3, -0.25) is 4.79 Å². The molecular formula is C23H30N6O2. The molecule has 1 amide bonds. The number of fused-ring (bicyclic) bond motifs is 1. The van der Waals surface area contributed by atoms with Crippen LogP contribution >= 0.6 is 0 Å². The number of ether oxygens (including phenoxy) is 1. The van der Waals surface area contributed by atoms with Gasteiger partial charge in [0.05, 0.1) is 0 Å². The number of piperazine rings is 2. The highest BCUT2D eigenvalue weighted by Gasteiger charge is 2.32. The quantitative estimate of drug-likeness (QED) is 0.738. The number of benzene rings is 1. The summed E-state index contributed by atoms with van der Waals surface area (Å²) in [7, 11) is 2.15. The molecule has 31 heavy (non-hydrogen) atoms. The van der Waals surface area contributed by atoms with E-state index in [1.165, 1.54) is 5.56 Å². The number of carbonyl (C=O) groups excluding carboxylic acids is 1. The number of aromatic nitrogens is 2. The minimum atomic E-state index is -0.371. The van der Waals surface area contributed by atoms with Crippen LogP contribution < -0.4 is 14.5 Å². The van der Waals surface area contributed by atoms with Crippen LogP contribution in [0.4, 0.5) is 11.6 Å². The molecule has 1 aromatic heterocycles. The first-order valence-electron chi connectivity index (χ1n) is 11.2. The van der Waals surface area contributed by atoms with Crippen molar-refractivity contribution in [2.75, 3.05) is 69.2 Å². The summed E-state index contributed by atoms with van der Waals surface area (Å²) in [6, 6.07) is 10.1. The van der Waals surface area contributed by atoms with Crippen molar-refractivity contribution < 1.29 is 9.53 Å². The Kier molecular flexibility index (Phi) is 5.63. The average molecular weight is 423 g/mol. The summed E-state index contributed by atoms with van der Waals surface area (Å²) < 4.78 is 6.01. The van der Waals surface area contributed by atoms with Crippen molar-refractivity contribution in [2.24, 2.45) is 0 Å². The van der Waals surface area contributed by atoms with Gasteiger partial charge in [-0.25, -0.2) is 9.97 Å². The summed E-state index contributed by atoms with van der Waals surface area (Å²) in [5.74, 6) is 2.89. The highest BCUT2D eigenvalue weighted by Crippen LogP contribution is 2.28. The topological polar surface area (TPSA) is 65.0 Å². The van der Waals surface area contributed by atoms with E-state index in [1.54, 1.807) is 6.33 Å². The van der Waals surface area contributed by atoms with Crippen molar-refractivity contribution in [2.45, 2.75) is 18.9 Å². The van der Waals surface area contributed by atoms with Crippen LogP contribution in [0.1, 0.15) is 12.0 Å². The Bertz CT molecular complexity index is 922. The van der Waals surface area contributed by atoms with Gasteiger partial charge in [-0.2, -0.15) is 0 Å². The molecule has 0 radical (unpaired) electrons. The van der Waals surface area contributed by atoms with Gasteiger partial charge in [0, 0.05) is 58.4 Å². The summed E-state index contributed by atoms with van der Waals surface area (Å²) in [6.45, 7) is 6.99. The van der Waals surface area contributed by atoms with Gasteiger partial charge in [-0.15, -0.1) is 0 Å². The number of aryl methyl sites for hydroxylation is 1. The number of carbonyl (C=O) groups is 1. The van der Waals surface area contributed by atoms with Crippen LogP contribution in [0, 0.1) is 0 Å². The van der Waals surface area contributed by atoms with Crippen LogP contribution in [0.15, 0.2) is 36.7 Å². The maximum Gasteiger partial charge on any atom is 0.263 e. The van der Waals surface area contributed by atoms with Crippen molar-refractivity contribution in [3.05, 3.63) is 42.2 Å². The van der Waals surface area contributed by atoms with Crippen LogP contribution in [0.2, 0.25) is 0 Å². The average Bonchev–Trinajstić information content (AvgIpc) is 2.84. The third-order valence-electron chi connectivity index (χ3n) is 6.57. The molecular weight excluding hydrogens is 392 g/mol. The molecule has 2 fully saturated rings. The minimum Gasteiger partial charge on any atom is -0.480 e. The predicted octanol–water partition coefficient (Wildman–Crippen LogP) is 1.27. The molecule has 3 aliphatic rings. The zero-order chi connectivity index (χ0) is 21.2. The monoisotopic (exact) mass is 422 g/mol. The van der Waals surface area contributed by atoms with Crippen LogP contribution in [-0.2, 0) is 11.2 Å². The van der Waals surface area contributed by atoms with E-state index in [1.807, 2.05) is 23.1 Å². The summed E-state index contributed by atoms with van der Waals surface area (Å²) in [6.07, 6.45) is 2.93. The van der Waals surface area contributed by atoms with E-state index in [0.717, 1.165) is 69.5 Å². The second kappa shape index (κ2) is 8.70. The minimum absolute atomic E-state index is 0.106. The normalized spacial score (nSPS) is 22.1. The van der Waals surface area contributed by atoms with Crippen LogP contribution in [0.3, 0.4) is 0 Å². The SMILES string of the molecule is CN1CCN(c2cc(N3CCN(C(=O)C4CCc5ccccc5O4)CC3)ncn2)CC1. The fraction of sp³-hybridized carbons (Fsp3) is 0.522. The Morgan fingerprint density at radius 1 is 0.935 bits per heavy atom. The molecule has 0 bridgehead atoms. The van der Waals surface area contributed by atoms with Gasteiger partial charge in [-0.1, -0.05) is 18.2 Å². The maximum atomic E-state index is 13.0. The lowest BCUT2D eigenvalue weighted by atomic mass is 10.0. The van der Waals surface area contributed by atoms with E-state index in [4.69, 9.17) is 4.74 Å². The lowest BCUT2D eigenvalue weighted by molar-refractivity contribution is -0.139. The molecule has 0 N–H and O–H groups in total. The smallest absolute Gasteiger partial charge is 0.263 e. The first-order valence-corrected chi connectivity index (χ1v) is 11.2. The summed E-state index contributed by atoms with van der Waals surface area (Å²) >= 11 is 0. The molecule has 8 nitrogen and oxygen atoms in total. The maximum absolute atomic E-state index is 13.0. The number of amides is 1. The molecule has 5 rings (SSSR count). The lowest BCUT2D eigenvalue weighted by Gasteiger charge is -2.38. The van der Waals surface area contributed by atoms with Gasteiger partial charge in [0.1, 0.15) is 23.7 Å². The third-order valence-corrected chi connectivity index (χ3v) is 6.57. The number of para-hydroxylation sites is 1. The standard InChI is InChI=1S/C23H30N6O2/c1-26-8-10-27(11-9-26)21-16-22(25-17-24-21)28-12-14-29(15-13-28)23(30)20-7-6-18-4-2-3-5-19(18)31-20/h2-5,16-17,20H,6-15H2,1H3. The molecule has 8 heteroatoms. The fourth-order valence-electron chi connectivity index (χ4n) is 4.58. The molecule has 164 valence electrons. The second-order valence-electron chi connectivity index (χ2n) is 8.59. The highest BCUT2D eigenvalue weighted by molar-refractivity contribution is 5.82. The molecule has 0 saturated carbocycles. The molecule has 3 aliphatic heterocycles. The number of hydrogen-bond donors (Lipinski definition) is 0. The number of anilines is 2. The number of nitrogens with zero attached hydrogens (tertiary/aromatic N) is 6.